The molecular formula is C16H31N3S. The van der Waals surface area contributed by atoms with E-state index in [0.717, 1.165) is 31.0 Å². The van der Waals surface area contributed by atoms with Crippen LogP contribution in [0.1, 0.15) is 52.4 Å². The largest absolute Gasteiger partial charge is 0.313 e. The lowest BCUT2D eigenvalue weighted by Crippen LogP contribution is -2.35. The maximum Gasteiger partial charge on any atom is 0.0596 e. The van der Waals surface area contributed by atoms with Crippen LogP contribution >= 0.6 is 11.8 Å². The van der Waals surface area contributed by atoms with Gasteiger partial charge in [-0.05, 0) is 32.9 Å². The molecule has 1 aromatic rings. The molecule has 20 heavy (non-hydrogen) atoms. The lowest BCUT2D eigenvalue weighted by atomic mass is 10.1. The molecule has 1 N–H and O–H groups in total. The van der Waals surface area contributed by atoms with E-state index in [1.807, 2.05) is 11.8 Å². The van der Waals surface area contributed by atoms with Gasteiger partial charge in [-0.2, -0.15) is 16.9 Å². The van der Waals surface area contributed by atoms with Crippen molar-refractivity contribution in [3.05, 3.63) is 17.5 Å². The average Bonchev–Trinajstić information content (AvgIpc) is 2.71. The normalized spacial score (nSPS) is 13.7. The van der Waals surface area contributed by atoms with E-state index in [-0.39, 0.29) is 0 Å². The predicted molar refractivity (Wildman–Crippen MR) is 90.6 cm³/mol. The molecule has 0 amide bonds. The number of hydrogen-bond donors (Lipinski definition) is 1. The first kappa shape index (κ1) is 17.6. The van der Waals surface area contributed by atoms with Gasteiger partial charge in [-0.15, -0.1) is 0 Å². The molecule has 0 radical (unpaired) electrons. The third kappa shape index (κ3) is 6.31. The van der Waals surface area contributed by atoms with Gasteiger partial charge in [0.2, 0.25) is 0 Å². The molecule has 0 aliphatic heterocycles. The second-order valence-electron chi connectivity index (χ2n) is 6.37. The fourth-order valence-corrected chi connectivity index (χ4v) is 3.12. The van der Waals surface area contributed by atoms with Gasteiger partial charge < -0.3 is 5.32 Å². The molecule has 0 aliphatic carbocycles. The highest BCUT2D eigenvalue weighted by Crippen LogP contribution is 2.24. The van der Waals surface area contributed by atoms with Crippen LogP contribution in [0.25, 0.3) is 0 Å². The van der Waals surface area contributed by atoms with Crippen LogP contribution in [0.2, 0.25) is 0 Å². The van der Waals surface area contributed by atoms with E-state index < -0.39 is 0 Å². The van der Waals surface area contributed by atoms with Crippen molar-refractivity contribution in [3.8, 4) is 0 Å². The summed E-state index contributed by atoms with van der Waals surface area (Å²) >= 11 is 2.04. The second-order valence-corrected chi connectivity index (χ2v) is 8.22. The summed E-state index contributed by atoms with van der Waals surface area (Å²) < 4.78 is 2.46. The van der Waals surface area contributed by atoms with Crippen LogP contribution in [-0.2, 0) is 13.0 Å². The van der Waals surface area contributed by atoms with Crippen LogP contribution in [0, 0.1) is 6.92 Å². The SMILES string of the molecule is CCCNC(CSC(C)(C)C)Cc1cc(C)nn1CC. The highest BCUT2D eigenvalue weighted by molar-refractivity contribution is 8.00. The minimum atomic E-state index is 0.326. The Balaban J connectivity index is 2.67. The molecule has 116 valence electrons. The van der Waals surface area contributed by atoms with Crippen molar-refractivity contribution in [2.45, 2.75) is 71.7 Å². The zero-order chi connectivity index (χ0) is 15.2. The molecule has 1 atom stereocenters. The maximum absolute atomic E-state index is 4.55. The van der Waals surface area contributed by atoms with Crippen molar-refractivity contribution < 1.29 is 0 Å². The third-order valence-electron chi connectivity index (χ3n) is 3.14. The van der Waals surface area contributed by atoms with Gasteiger partial charge in [-0.1, -0.05) is 27.7 Å². The van der Waals surface area contributed by atoms with E-state index in [1.165, 1.54) is 12.1 Å². The lowest BCUT2D eigenvalue weighted by Gasteiger charge is -2.24. The summed E-state index contributed by atoms with van der Waals surface area (Å²) in [6.07, 6.45) is 2.25. The number of rotatable bonds is 8. The molecule has 0 bridgehead atoms. The van der Waals surface area contributed by atoms with Gasteiger partial charge in [0.05, 0.1) is 5.69 Å². The number of aromatic nitrogens is 2. The number of aryl methyl sites for hydroxylation is 2. The van der Waals surface area contributed by atoms with Gasteiger partial charge in [-0.3, -0.25) is 4.68 Å². The van der Waals surface area contributed by atoms with E-state index >= 15 is 0 Å². The Bertz CT molecular complexity index is 393. The first-order valence-electron chi connectivity index (χ1n) is 7.76. The maximum atomic E-state index is 4.55. The minimum absolute atomic E-state index is 0.326. The second kappa shape index (κ2) is 8.08. The first-order valence-corrected chi connectivity index (χ1v) is 8.75. The van der Waals surface area contributed by atoms with Gasteiger partial charge in [0.25, 0.3) is 0 Å². The van der Waals surface area contributed by atoms with Crippen molar-refractivity contribution in [3.63, 3.8) is 0 Å². The zero-order valence-electron chi connectivity index (χ0n) is 14.0. The van der Waals surface area contributed by atoms with E-state index in [1.54, 1.807) is 0 Å². The van der Waals surface area contributed by atoms with Crippen LogP contribution in [-0.4, -0.2) is 32.9 Å². The lowest BCUT2D eigenvalue weighted by molar-refractivity contribution is 0.519. The summed E-state index contributed by atoms with van der Waals surface area (Å²) in [5, 5.41) is 8.24. The Morgan fingerprint density at radius 2 is 2.05 bits per heavy atom. The van der Waals surface area contributed by atoms with Crippen LogP contribution in [0.3, 0.4) is 0 Å². The zero-order valence-corrected chi connectivity index (χ0v) is 14.8. The van der Waals surface area contributed by atoms with Crippen molar-refractivity contribution >= 4 is 11.8 Å². The summed E-state index contributed by atoms with van der Waals surface area (Å²) in [5.74, 6) is 1.15. The molecule has 1 aromatic heterocycles. The monoisotopic (exact) mass is 297 g/mol. The van der Waals surface area contributed by atoms with Gasteiger partial charge in [0.1, 0.15) is 0 Å². The van der Waals surface area contributed by atoms with Crippen LogP contribution in [0.5, 0.6) is 0 Å². The topological polar surface area (TPSA) is 29.9 Å². The minimum Gasteiger partial charge on any atom is -0.313 e. The Hall–Kier alpha value is -0.480. The van der Waals surface area contributed by atoms with Crippen LogP contribution < -0.4 is 5.32 Å². The van der Waals surface area contributed by atoms with Gasteiger partial charge >= 0.3 is 0 Å². The summed E-state index contributed by atoms with van der Waals surface area (Å²) in [6.45, 7) is 15.4. The average molecular weight is 298 g/mol. The van der Waals surface area contributed by atoms with Gasteiger partial charge in [-0.25, -0.2) is 0 Å². The number of thioether (sulfide) groups is 1. The number of nitrogens with zero attached hydrogens (tertiary/aromatic N) is 2. The standard InChI is InChI=1S/C16H31N3S/c1-7-9-17-14(12-20-16(4,5)6)11-15-10-13(3)18-19(15)8-2/h10,14,17H,7-9,11-12H2,1-6H3. The van der Waals surface area contributed by atoms with E-state index in [2.05, 4.69) is 62.7 Å². The fourth-order valence-electron chi connectivity index (χ4n) is 2.18. The van der Waals surface area contributed by atoms with E-state index in [0.29, 0.717) is 10.8 Å². The quantitative estimate of drug-likeness (QED) is 0.794. The molecule has 0 fully saturated rings. The van der Waals surface area contributed by atoms with Gasteiger partial charge in [0.15, 0.2) is 0 Å². The fraction of sp³-hybridized carbons (Fsp3) is 0.812. The Labute approximate surface area is 128 Å². The Kier molecular flexibility index (Phi) is 7.10. The molecule has 1 rings (SSSR count). The van der Waals surface area contributed by atoms with Crippen molar-refractivity contribution in [1.82, 2.24) is 15.1 Å². The highest BCUT2D eigenvalue weighted by Gasteiger charge is 2.17. The summed E-state index contributed by atoms with van der Waals surface area (Å²) in [5.41, 5.74) is 2.48. The molecular weight excluding hydrogens is 266 g/mol. The molecule has 1 heterocycles. The molecule has 0 saturated heterocycles. The number of hydrogen-bond acceptors (Lipinski definition) is 3. The molecule has 1 unspecified atom stereocenters. The third-order valence-corrected chi connectivity index (χ3v) is 4.58. The number of nitrogens with one attached hydrogen (secondary N) is 1. The molecule has 0 saturated carbocycles. The van der Waals surface area contributed by atoms with Gasteiger partial charge in [0, 0.05) is 35.2 Å². The predicted octanol–water partition coefficient (Wildman–Crippen LogP) is 3.65. The molecule has 3 nitrogen and oxygen atoms in total. The van der Waals surface area contributed by atoms with Crippen LogP contribution in [0.15, 0.2) is 6.07 Å². The first-order chi connectivity index (χ1) is 9.35. The summed E-state index contributed by atoms with van der Waals surface area (Å²) in [4.78, 5) is 0. The summed E-state index contributed by atoms with van der Waals surface area (Å²) in [6, 6.07) is 2.76. The molecule has 0 aliphatic rings. The molecule has 4 heteroatoms. The van der Waals surface area contributed by atoms with Crippen molar-refractivity contribution in [1.29, 1.82) is 0 Å². The van der Waals surface area contributed by atoms with E-state index in [4.69, 9.17) is 0 Å². The van der Waals surface area contributed by atoms with Crippen molar-refractivity contribution in [2.24, 2.45) is 0 Å². The Morgan fingerprint density at radius 3 is 2.60 bits per heavy atom. The van der Waals surface area contributed by atoms with Crippen LogP contribution in [0.4, 0.5) is 0 Å². The van der Waals surface area contributed by atoms with Crippen molar-refractivity contribution in [2.75, 3.05) is 12.3 Å². The molecule has 0 spiro atoms. The smallest absolute Gasteiger partial charge is 0.0596 e. The van der Waals surface area contributed by atoms with E-state index in [9.17, 15) is 0 Å². The Morgan fingerprint density at radius 1 is 1.35 bits per heavy atom. The highest BCUT2D eigenvalue weighted by atomic mass is 32.2. The summed E-state index contributed by atoms with van der Waals surface area (Å²) in [7, 11) is 0. The molecule has 0 aromatic carbocycles.